The number of ether oxygens (including phenoxy) is 1. The zero-order chi connectivity index (χ0) is 22.1. The van der Waals surface area contributed by atoms with E-state index in [0.717, 1.165) is 5.75 Å². The van der Waals surface area contributed by atoms with Crippen molar-refractivity contribution in [3.8, 4) is 0 Å². The minimum absolute atomic E-state index is 0.294. The highest BCUT2D eigenvalue weighted by atomic mass is 32.2. The van der Waals surface area contributed by atoms with Gasteiger partial charge < -0.3 is 15.2 Å². The Bertz CT molecular complexity index is 687. The first-order valence-electron chi connectivity index (χ1n) is 10.9. The van der Waals surface area contributed by atoms with Gasteiger partial charge in [-0.15, -0.1) is 0 Å². The molecule has 1 aliphatic rings. The van der Waals surface area contributed by atoms with E-state index in [1.54, 1.807) is 20.8 Å². The van der Waals surface area contributed by atoms with E-state index < -0.39 is 29.7 Å². The van der Waals surface area contributed by atoms with Gasteiger partial charge in [0.15, 0.2) is 0 Å². The lowest BCUT2D eigenvalue weighted by Crippen LogP contribution is -2.49. The first kappa shape index (κ1) is 24.5. The molecule has 0 radical (unpaired) electrons. The van der Waals surface area contributed by atoms with E-state index >= 15 is 0 Å². The molecule has 1 aromatic rings. The molecule has 2 N–H and O–H groups in total. The summed E-state index contributed by atoms with van der Waals surface area (Å²) in [6.07, 6.45) is 3.98. The van der Waals surface area contributed by atoms with Crippen molar-refractivity contribution in [2.24, 2.45) is 0 Å². The number of carbonyl (C=O) groups excluding carboxylic acids is 2. The van der Waals surface area contributed by atoms with Crippen molar-refractivity contribution in [3.63, 3.8) is 0 Å². The van der Waals surface area contributed by atoms with Gasteiger partial charge in [-0.25, -0.2) is 4.79 Å². The van der Waals surface area contributed by atoms with Crippen molar-refractivity contribution >= 4 is 29.4 Å². The Balaban J connectivity index is 1.87. The number of anilines is 1. The first-order valence-corrected chi connectivity index (χ1v) is 12.0. The predicted octanol–water partition coefficient (Wildman–Crippen LogP) is 4.81. The average Bonchev–Trinajstić information content (AvgIpc) is 3.06. The molecule has 2 atom stereocenters. The maximum atomic E-state index is 12.8. The summed E-state index contributed by atoms with van der Waals surface area (Å²) in [5.41, 5.74) is 1.21. The lowest BCUT2D eigenvalue weighted by Gasteiger charge is -2.28. The third-order valence-corrected chi connectivity index (χ3v) is 6.01. The third-order valence-electron chi connectivity index (χ3n) is 4.90. The number of amides is 2. The molecule has 1 saturated heterocycles. The molecule has 0 saturated carbocycles. The molecule has 1 aromatic carbocycles. The molecule has 0 aromatic heterocycles. The summed E-state index contributed by atoms with van der Waals surface area (Å²) in [4.78, 5) is 26.5. The molecule has 6 nitrogen and oxygen atoms in total. The molecule has 0 bridgehead atoms. The highest BCUT2D eigenvalue weighted by molar-refractivity contribution is 7.98. The van der Waals surface area contributed by atoms with Crippen LogP contribution >= 0.6 is 11.8 Å². The fourth-order valence-corrected chi connectivity index (χ4v) is 4.32. The zero-order valence-corrected chi connectivity index (χ0v) is 19.5. The molecular formula is C23H36N2O4S. The lowest BCUT2D eigenvalue weighted by molar-refractivity contribution is -0.122. The van der Waals surface area contributed by atoms with E-state index in [-0.39, 0.29) is 0 Å². The molecule has 0 spiro atoms. The van der Waals surface area contributed by atoms with Crippen LogP contribution in [0.1, 0.15) is 65.4 Å². The first-order chi connectivity index (χ1) is 14.2. The number of hydrogen-bond donors (Lipinski definition) is 2. The fraction of sp³-hybridized carbons (Fsp3) is 0.652. The van der Waals surface area contributed by atoms with E-state index in [1.165, 1.54) is 41.9 Å². The summed E-state index contributed by atoms with van der Waals surface area (Å²) in [6.45, 7) is 7.84. The summed E-state index contributed by atoms with van der Waals surface area (Å²) in [5.74, 6) is 1.72. The second-order valence-corrected chi connectivity index (χ2v) is 9.88. The molecule has 168 valence electrons. The lowest BCUT2D eigenvalue weighted by atomic mass is 10.1. The Labute approximate surface area is 184 Å². The summed E-state index contributed by atoms with van der Waals surface area (Å²) in [5, 5.41) is 13.1. The van der Waals surface area contributed by atoms with Gasteiger partial charge in [-0.05, 0) is 57.1 Å². The van der Waals surface area contributed by atoms with Crippen LogP contribution in [0.4, 0.5) is 10.5 Å². The molecular weight excluding hydrogens is 400 g/mol. The van der Waals surface area contributed by atoms with Gasteiger partial charge in [-0.1, -0.05) is 38.3 Å². The summed E-state index contributed by atoms with van der Waals surface area (Å²) < 4.78 is 5.38. The molecule has 30 heavy (non-hydrogen) atoms. The minimum Gasteiger partial charge on any atom is -0.444 e. The van der Waals surface area contributed by atoms with Crippen molar-refractivity contribution in [3.05, 3.63) is 29.8 Å². The normalized spacial score (nSPS) is 19.0. The Hall–Kier alpha value is -1.73. The van der Waals surface area contributed by atoms with Crippen LogP contribution in [-0.4, -0.2) is 52.1 Å². The second-order valence-electron chi connectivity index (χ2n) is 8.77. The molecule has 1 aliphatic heterocycles. The SMILES string of the molecule is CCCCCCSCc1ccc(NC(=O)C2C(O)CCN2C(=O)OC(C)(C)C)cc1. The van der Waals surface area contributed by atoms with Gasteiger partial charge in [0.1, 0.15) is 11.6 Å². The highest BCUT2D eigenvalue weighted by Crippen LogP contribution is 2.23. The second kappa shape index (κ2) is 11.6. The monoisotopic (exact) mass is 436 g/mol. The molecule has 7 heteroatoms. The van der Waals surface area contributed by atoms with Crippen molar-refractivity contribution in [1.29, 1.82) is 0 Å². The molecule has 0 aliphatic carbocycles. The highest BCUT2D eigenvalue weighted by Gasteiger charge is 2.42. The molecule has 2 amide bonds. The molecule has 2 rings (SSSR count). The van der Waals surface area contributed by atoms with Gasteiger partial charge in [-0.3, -0.25) is 9.69 Å². The van der Waals surface area contributed by atoms with Gasteiger partial charge in [0, 0.05) is 18.0 Å². The van der Waals surface area contributed by atoms with Crippen molar-refractivity contribution in [1.82, 2.24) is 4.90 Å². The third kappa shape index (κ3) is 7.84. The maximum absolute atomic E-state index is 12.8. The predicted molar refractivity (Wildman–Crippen MR) is 123 cm³/mol. The van der Waals surface area contributed by atoms with Gasteiger partial charge in [0.05, 0.1) is 6.10 Å². The van der Waals surface area contributed by atoms with E-state index in [9.17, 15) is 14.7 Å². The number of rotatable bonds is 9. The number of aliphatic hydroxyl groups excluding tert-OH is 1. The largest absolute Gasteiger partial charge is 0.444 e. The van der Waals surface area contributed by atoms with Crippen LogP contribution in [-0.2, 0) is 15.3 Å². The molecule has 2 unspecified atom stereocenters. The number of aliphatic hydroxyl groups is 1. The van der Waals surface area contributed by atoms with E-state index in [0.29, 0.717) is 18.7 Å². The topological polar surface area (TPSA) is 78.9 Å². The van der Waals surface area contributed by atoms with Crippen LogP contribution in [0, 0.1) is 0 Å². The van der Waals surface area contributed by atoms with Crippen LogP contribution in [0.5, 0.6) is 0 Å². The maximum Gasteiger partial charge on any atom is 0.411 e. The van der Waals surface area contributed by atoms with E-state index in [4.69, 9.17) is 4.74 Å². The number of hydrogen-bond acceptors (Lipinski definition) is 5. The van der Waals surface area contributed by atoms with Crippen molar-refractivity contribution in [2.45, 2.75) is 83.3 Å². The van der Waals surface area contributed by atoms with Gasteiger partial charge >= 0.3 is 6.09 Å². The minimum atomic E-state index is -0.946. The Morgan fingerprint density at radius 3 is 2.53 bits per heavy atom. The Kier molecular flexibility index (Phi) is 9.49. The van der Waals surface area contributed by atoms with Crippen LogP contribution in [0.2, 0.25) is 0 Å². The van der Waals surface area contributed by atoms with Gasteiger partial charge in [-0.2, -0.15) is 11.8 Å². The zero-order valence-electron chi connectivity index (χ0n) is 18.6. The van der Waals surface area contributed by atoms with Crippen LogP contribution in [0.15, 0.2) is 24.3 Å². The van der Waals surface area contributed by atoms with E-state index in [2.05, 4.69) is 12.2 Å². The number of carbonyl (C=O) groups is 2. The Morgan fingerprint density at radius 2 is 1.90 bits per heavy atom. The quantitative estimate of drug-likeness (QED) is 0.543. The molecule has 1 heterocycles. The number of nitrogens with zero attached hydrogens (tertiary/aromatic N) is 1. The average molecular weight is 437 g/mol. The summed E-state index contributed by atoms with van der Waals surface area (Å²) >= 11 is 1.93. The van der Waals surface area contributed by atoms with Crippen LogP contribution < -0.4 is 5.32 Å². The van der Waals surface area contributed by atoms with Crippen molar-refractivity contribution < 1.29 is 19.4 Å². The van der Waals surface area contributed by atoms with Crippen molar-refractivity contribution in [2.75, 3.05) is 17.6 Å². The number of unbranched alkanes of at least 4 members (excludes halogenated alkanes) is 3. The fourth-order valence-electron chi connectivity index (χ4n) is 3.34. The van der Waals surface area contributed by atoms with Crippen LogP contribution in [0.3, 0.4) is 0 Å². The number of benzene rings is 1. The Morgan fingerprint density at radius 1 is 1.20 bits per heavy atom. The van der Waals surface area contributed by atoms with Crippen LogP contribution in [0.25, 0.3) is 0 Å². The van der Waals surface area contributed by atoms with E-state index in [1.807, 2.05) is 36.0 Å². The number of thioether (sulfide) groups is 1. The molecule has 1 fully saturated rings. The van der Waals surface area contributed by atoms with Gasteiger partial charge in [0.2, 0.25) is 5.91 Å². The van der Waals surface area contributed by atoms with Gasteiger partial charge in [0.25, 0.3) is 0 Å². The number of nitrogens with one attached hydrogen (secondary N) is 1. The smallest absolute Gasteiger partial charge is 0.411 e. The summed E-state index contributed by atoms with van der Waals surface area (Å²) in [6, 6.07) is 6.79. The number of likely N-dealkylation sites (tertiary alicyclic amines) is 1. The summed E-state index contributed by atoms with van der Waals surface area (Å²) in [7, 11) is 0. The standard InChI is InChI=1S/C23H36N2O4S/c1-5-6-7-8-15-30-16-17-9-11-18(12-10-17)24-21(27)20-19(26)13-14-25(20)22(28)29-23(2,3)4/h9-12,19-20,26H,5-8,13-16H2,1-4H3,(H,24,27).